The molecule has 0 bridgehead atoms. The number of aryl methyl sites for hydroxylation is 1. The third kappa shape index (κ3) is 7.82. The van der Waals surface area contributed by atoms with Gasteiger partial charge in [-0.1, -0.05) is 56.3 Å². The highest BCUT2D eigenvalue weighted by atomic mass is 32.2. The summed E-state index contributed by atoms with van der Waals surface area (Å²) in [5.41, 5.74) is 3.24. The first-order chi connectivity index (χ1) is 16.5. The van der Waals surface area contributed by atoms with Gasteiger partial charge in [0.1, 0.15) is 12.6 Å². The summed E-state index contributed by atoms with van der Waals surface area (Å²) in [6.07, 6.45) is 2.85. The fourth-order valence-corrected chi connectivity index (χ4v) is 4.84. The van der Waals surface area contributed by atoms with Gasteiger partial charge in [-0.15, -0.1) is 0 Å². The number of amides is 2. The lowest BCUT2D eigenvalue weighted by atomic mass is 10.1. The van der Waals surface area contributed by atoms with Crippen LogP contribution in [0.1, 0.15) is 50.3 Å². The smallest absolute Gasteiger partial charge is 0.244 e. The van der Waals surface area contributed by atoms with E-state index in [0.29, 0.717) is 25.1 Å². The van der Waals surface area contributed by atoms with E-state index < -0.39 is 22.0 Å². The number of carbonyl (C=O) groups excluding carboxylic acids is 2. The highest BCUT2D eigenvalue weighted by Gasteiger charge is 2.32. The topological polar surface area (TPSA) is 86.8 Å². The first-order valence-electron chi connectivity index (χ1n) is 12.2. The lowest BCUT2D eigenvalue weighted by Gasteiger charge is -2.33. The number of anilines is 1. The van der Waals surface area contributed by atoms with Crippen LogP contribution in [0.25, 0.3) is 0 Å². The Bertz CT molecular complexity index is 1100. The maximum atomic E-state index is 13.7. The van der Waals surface area contributed by atoms with Crippen LogP contribution < -0.4 is 9.62 Å². The van der Waals surface area contributed by atoms with Gasteiger partial charge >= 0.3 is 0 Å². The van der Waals surface area contributed by atoms with E-state index >= 15 is 0 Å². The number of nitrogens with zero attached hydrogens (tertiary/aromatic N) is 2. The van der Waals surface area contributed by atoms with Crippen molar-refractivity contribution in [3.8, 4) is 0 Å². The molecule has 2 amide bonds. The molecular weight excluding hydrogens is 462 g/mol. The van der Waals surface area contributed by atoms with Crippen molar-refractivity contribution in [3.63, 3.8) is 0 Å². The van der Waals surface area contributed by atoms with E-state index in [2.05, 4.69) is 5.32 Å². The van der Waals surface area contributed by atoms with Crippen molar-refractivity contribution in [2.24, 2.45) is 0 Å². The fraction of sp³-hybridized carbons (Fsp3) is 0.481. The van der Waals surface area contributed by atoms with Gasteiger partial charge in [-0.25, -0.2) is 8.42 Å². The Morgan fingerprint density at radius 3 is 2.20 bits per heavy atom. The van der Waals surface area contributed by atoms with Crippen molar-refractivity contribution >= 4 is 27.5 Å². The third-order valence-electron chi connectivity index (χ3n) is 6.40. The van der Waals surface area contributed by atoms with Crippen LogP contribution in [-0.2, 0) is 26.0 Å². The zero-order chi connectivity index (χ0) is 26.2. The molecule has 2 aromatic rings. The summed E-state index contributed by atoms with van der Waals surface area (Å²) in [5, 5.41) is 2.98. The summed E-state index contributed by atoms with van der Waals surface area (Å²) in [4.78, 5) is 28.3. The second-order valence-electron chi connectivity index (χ2n) is 9.05. The van der Waals surface area contributed by atoms with Crippen LogP contribution >= 0.6 is 0 Å². The molecule has 1 N–H and O–H groups in total. The molecule has 2 rings (SSSR count). The standard InChI is InChI=1S/C27H39N3O4S/c1-7-21(4)28-27(32)24(8-2)29(18-17-23-14-10-9-11-15-23)26(31)19-30(35(6,33)34)25-16-12-13-20(3)22(25)5/h9-16,21,24H,7-8,17-19H2,1-6H3,(H,28,32). The number of hydrogen-bond donors (Lipinski definition) is 1. The van der Waals surface area contributed by atoms with Gasteiger partial charge in [0, 0.05) is 12.6 Å². The monoisotopic (exact) mass is 501 g/mol. The quantitative estimate of drug-likeness (QED) is 0.479. The molecule has 35 heavy (non-hydrogen) atoms. The summed E-state index contributed by atoms with van der Waals surface area (Å²) in [6, 6.07) is 14.4. The number of sulfonamides is 1. The number of benzene rings is 2. The molecule has 0 aliphatic carbocycles. The highest BCUT2D eigenvalue weighted by Crippen LogP contribution is 2.25. The van der Waals surface area contributed by atoms with Crippen LogP contribution in [0.4, 0.5) is 5.69 Å². The molecule has 0 fully saturated rings. The predicted octanol–water partition coefficient (Wildman–Crippen LogP) is 3.83. The maximum absolute atomic E-state index is 13.7. The summed E-state index contributed by atoms with van der Waals surface area (Å²) in [6.45, 7) is 9.45. The maximum Gasteiger partial charge on any atom is 0.244 e. The van der Waals surface area contributed by atoms with E-state index in [4.69, 9.17) is 0 Å². The summed E-state index contributed by atoms with van der Waals surface area (Å²) in [7, 11) is -3.74. The van der Waals surface area contributed by atoms with Crippen LogP contribution in [0.3, 0.4) is 0 Å². The van der Waals surface area contributed by atoms with Crippen molar-refractivity contribution in [1.82, 2.24) is 10.2 Å². The Hall–Kier alpha value is -2.87. The Kier molecular flexibility index (Phi) is 10.3. The first-order valence-corrected chi connectivity index (χ1v) is 14.0. The fourth-order valence-electron chi connectivity index (χ4n) is 3.94. The zero-order valence-corrected chi connectivity index (χ0v) is 22.6. The third-order valence-corrected chi connectivity index (χ3v) is 7.52. The zero-order valence-electron chi connectivity index (χ0n) is 21.7. The lowest BCUT2D eigenvalue weighted by molar-refractivity contribution is -0.139. The Labute approximate surface area is 210 Å². The van der Waals surface area contributed by atoms with E-state index in [1.165, 1.54) is 4.90 Å². The average Bonchev–Trinajstić information content (AvgIpc) is 2.81. The number of hydrogen-bond acceptors (Lipinski definition) is 4. The number of rotatable bonds is 12. The van der Waals surface area contributed by atoms with Crippen LogP contribution in [0.2, 0.25) is 0 Å². The number of nitrogens with one attached hydrogen (secondary N) is 1. The Balaban J connectivity index is 2.40. The molecule has 2 aromatic carbocycles. The first kappa shape index (κ1) is 28.4. The van der Waals surface area contributed by atoms with Gasteiger partial charge in [0.05, 0.1) is 11.9 Å². The van der Waals surface area contributed by atoms with Gasteiger partial charge in [0.25, 0.3) is 0 Å². The molecule has 7 nitrogen and oxygen atoms in total. The van der Waals surface area contributed by atoms with Crippen LogP contribution in [0.15, 0.2) is 48.5 Å². The molecule has 0 aliphatic heterocycles. The summed E-state index contributed by atoms with van der Waals surface area (Å²) in [5.74, 6) is -0.626. The molecular formula is C27H39N3O4S. The van der Waals surface area contributed by atoms with Gasteiger partial charge in [-0.3, -0.25) is 13.9 Å². The molecule has 0 heterocycles. The largest absolute Gasteiger partial charge is 0.352 e. The van der Waals surface area contributed by atoms with E-state index in [9.17, 15) is 18.0 Å². The van der Waals surface area contributed by atoms with Crippen molar-refractivity contribution in [2.45, 2.75) is 66.0 Å². The Morgan fingerprint density at radius 2 is 1.63 bits per heavy atom. The summed E-state index contributed by atoms with van der Waals surface area (Å²) >= 11 is 0. The highest BCUT2D eigenvalue weighted by molar-refractivity contribution is 7.92. The average molecular weight is 502 g/mol. The van der Waals surface area contributed by atoms with Crippen molar-refractivity contribution in [2.75, 3.05) is 23.7 Å². The van der Waals surface area contributed by atoms with E-state index in [0.717, 1.165) is 33.7 Å². The molecule has 2 atom stereocenters. The lowest BCUT2D eigenvalue weighted by Crippen LogP contribution is -2.54. The van der Waals surface area contributed by atoms with Crippen molar-refractivity contribution in [3.05, 3.63) is 65.2 Å². The van der Waals surface area contributed by atoms with E-state index in [-0.39, 0.29) is 18.5 Å². The molecule has 0 aliphatic rings. The Morgan fingerprint density at radius 1 is 0.971 bits per heavy atom. The molecule has 0 aromatic heterocycles. The van der Waals surface area contributed by atoms with Crippen molar-refractivity contribution < 1.29 is 18.0 Å². The molecule has 2 unspecified atom stereocenters. The van der Waals surface area contributed by atoms with Crippen LogP contribution in [0, 0.1) is 13.8 Å². The second kappa shape index (κ2) is 12.7. The minimum atomic E-state index is -3.74. The van der Waals surface area contributed by atoms with E-state index in [1.807, 2.05) is 71.0 Å². The SMILES string of the molecule is CCC(C)NC(=O)C(CC)N(CCc1ccccc1)C(=O)CN(c1cccc(C)c1C)S(C)(=O)=O. The van der Waals surface area contributed by atoms with Gasteiger partial charge in [-0.05, 0) is 62.8 Å². The van der Waals surface area contributed by atoms with Crippen LogP contribution in [0.5, 0.6) is 0 Å². The predicted molar refractivity (Wildman–Crippen MR) is 142 cm³/mol. The summed E-state index contributed by atoms with van der Waals surface area (Å²) < 4.78 is 26.7. The normalized spacial score (nSPS) is 13.1. The van der Waals surface area contributed by atoms with Gasteiger partial charge in [0.15, 0.2) is 0 Å². The van der Waals surface area contributed by atoms with Crippen molar-refractivity contribution in [1.29, 1.82) is 0 Å². The second-order valence-corrected chi connectivity index (χ2v) is 11.0. The van der Waals surface area contributed by atoms with Crippen LogP contribution in [-0.4, -0.2) is 56.6 Å². The van der Waals surface area contributed by atoms with E-state index in [1.54, 1.807) is 12.1 Å². The molecule has 8 heteroatoms. The molecule has 192 valence electrons. The minimum Gasteiger partial charge on any atom is -0.352 e. The van der Waals surface area contributed by atoms with Gasteiger partial charge < -0.3 is 10.2 Å². The molecule has 0 radical (unpaired) electrons. The number of carbonyl (C=O) groups is 2. The minimum absolute atomic E-state index is 0.0231. The molecule has 0 saturated carbocycles. The molecule has 0 saturated heterocycles. The van der Waals surface area contributed by atoms with Gasteiger partial charge in [-0.2, -0.15) is 0 Å². The van der Waals surface area contributed by atoms with Gasteiger partial charge in [0.2, 0.25) is 21.8 Å². The molecule has 0 spiro atoms.